The van der Waals surface area contributed by atoms with Crippen LogP contribution in [0.1, 0.15) is 5.56 Å². The molecule has 0 spiro atoms. The molecule has 1 aromatic carbocycles. The average molecular weight is 131 g/mol. The Morgan fingerprint density at radius 3 is 2.40 bits per heavy atom. The summed E-state index contributed by atoms with van der Waals surface area (Å²) in [6, 6.07) is 7.90. The Morgan fingerprint density at radius 1 is 1.30 bits per heavy atom. The van der Waals surface area contributed by atoms with Gasteiger partial charge < -0.3 is 0 Å². The third-order valence-electron chi connectivity index (χ3n) is 1.24. The first-order valence-electron chi connectivity index (χ1n) is 3.12. The number of aliphatic imine (C=N–C) groups is 1. The smallest absolute Gasteiger partial charge is 0.0729 e. The maximum absolute atomic E-state index is 3.89. The van der Waals surface area contributed by atoms with E-state index in [2.05, 4.69) is 17.4 Å². The quantitative estimate of drug-likeness (QED) is 0.519. The maximum atomic E-state index is 3.89. The van der Waals surface area contributed by atoms with E-state index in [4.69, 9.17) is 0 Å². The van der Waals surface area contributed by atoms with Crippen molar-refractivity contribution in [3.63, 3.8) is 0 Å². The fourth-order valence-electron chi connectivity index (χ4n) is 0.711. The topological polar surface area (TPSA) is 12.4 Å². The molecule has 10 heavy (non-hydrogen) atoms. The zero-order valence-electron chi connectivity index (χ0n) is 5.96. The average Bonchev–Trinajstić information content (AvgIpc) is 1.95. The minimum atomic E-state index is 0.903. The van der Waals surface area contributed by atoms with Crippen molar-refractivity contribution in [3.8, 4) is 0 Å². The standard InChI is InChI=1S/C9H9N/c1-3-10-9-6-4-8(2)5-7-9/h4-7H,1H2,2H3. The van der Waals surface area contributed by atoms with Crippen molar-refractivity contribution in [2.24, 2.45) is 4.99 Å². The van der Waals surface area contributed by atoms with Crippen LogP contribution in [0, 0.1) is 6.92 Å². The van der Waals surface area contributed by atoms with E-state index < -0.39 is 0 Å². The number of hydrogen-bond acceptors (Lipinski definition) is 1. The highest BCUT2D eigenvalue weighted by atomic mass is 14.7. The molecule has 0 aliphatic heterocycles. The van der Waals surface area contributed by atoms with Gasteiger partial charge >= 0.3 is 0 Å². The molecule has 0 aliphatic rings. The van der Waals surface area contributed by atoms with E-state index in [-0.39, 0.29) is 0 Å². The highest BCUT2D eigenvalue weighted by molar-refractivity contribution is 5.55. The summed E-state index contributed by atoms with van der Waals surface area (Å²) in [5, 5.41) is 0. The molecule has 0 heterocycles. The molecule has 0 saturated heterocycles. The van der Waals surface area contributed by atoms with E-state index >= 15 is 0 Å². The lowest BCUT2D eigenvalue weighted by atomic mass is 10.2. The van der Waals surface area contributed by atoms with Crippen LogP contribution in [-0.2, 0) is 0 Å². The van der Waals surface area contributed by atoms with Gasteiger partial charge in [-0.3, -0.25) is 0 Å². The third-order valence-corrected chi connectivity index (χ3v) is 1.24. The lowest BCUT2D eigenvalue weighted by Gasteiger charge is -1.90. The van der Waals surface area contributed by atoms with Crippen molar-refractivity contribution in [3.05, 3.63) is 36.4 Å². The monoisotopic (exact) mass is 131 g/mol. The third kappa shape index (κ3) is 1.57. The Kier molecular flexibility index (Phi) is 2.03. The molecule has 0 atom stereocenters. The summed E-state index contributed by atoms with van der Waals surface area (Å²) >= 11 is 0. The molecule has 0 fully saturated rings. The first-order valence-corrected chi connectivity index (χ1v) is 3.12. The summed E-state index contributed by atoms with van der Waals surface area (Å²) in [4.78, 5) is 3.89. The van der Waals surface area contributed by atoms with Crippen LogP contribution in [-0.4, -0.2) is 5.87 Å². The van der Waals surface area contributed by atoms with Crippen molar-refractivity contribution >= 4 is 11.6 Å². The zero-order valence-corrected chi connectivity index (χ0v) is 5.96. The summed E-state index contributed by atoms with van der Waals surface area (Å²) in [5.74, 6) is 2.48. The normalized spacial score (nSPS) is 8.50. The number of rotatable bonds is 1. The first-order chi connectivity index (χ1) is 4.83. The second-order valence-electron chi connectivity index (χ2n) is 2.11. The second-order valence-corrected chi connectivity index (χ2v) is 2.11. The fraction of sp³-hybridized carbons (Fsp3) is 0.111. The van der Waals surface area contributed by atoms with Gasteiger partial charge in [0.15, 0.2) is 0 Å². The summed E-state index contributed by atoms with van der Waals surface area (Å²) in [6.45, 7) is 5.43. The van der Waals surface area contributed by atoms with Gasteiger partial charge in [-0.2, -0.15) is 0 Å². The lowest BCUT2D eigenvalue weighted by molar-refractivity contribution is 1.44. The molecule has 0 aliphatic carbocycles. The molecule has 1 heteroatoms. The minimum Gasteiger partial charge on any atom is -0.207 e. The predicted molar refractivity (Wildman–Crippen MR) is 43.9 cm³/mol. The van der Waals surface area contributed by atoms with Crippen LogP contribution in [0.2, 0.25) is 0 Å². The van der Waals surface area contributed by atoms with E-state index in [1.54, 1.807) is 0 Å². The molecular formula is C9H9N. The molecule has 0 radical (unpaired) electrons. The molecule has 0 amide bonds. The molecular weight excluding hydrogens is 122 g/mol. The van der Waals surface area contributed by atoms with Crippen molar-refractivity contribution in [1.82, 2.24) is 0 Å². The largest absolute Gasteiger partial charge is 0.207 e. The Bertz CT molecular complexity index is 253. The number of nitrogens with zero attached hydrogens (tertiary/aromatic N) is 1. The molecule has 50 valence electrons. The van der Waals surface area contributed by atoms with Crippen molar-refractivity contribution < 1.29 is 0 Å². The van der Waals surface area contributed by atoms with E-state index in [0.717, 1.165) is 5.69 Å². The SMILES string of the molecule is C=C=Nc1ccc(C)cc1. The second kappa shape index (κ2) is 3.00. The Hall–Kier alpha value is -1.33. The van der Waals surface area contributed by atoms with Gasteiger partial charge in [0.25, 0.3) is 0 Å². The van der Waals surface area contributed by atoms with Gasteiger partial charge in [-0.15, -0.1) is 0 Å². The molecule has 0 bridgehead atoms. The number of benzene rings is 1. The fourth-order valence-corrected chi connectivity index (χ4v) is 0.711. The molecule has 0 saturated carbocycles. The maximum Gasteiger partial charge on any atom is 0.0729 e. The van der Waals surface area contributed by atoms with Crippen LogP contribution in [0.5, 0.6) is 0 Å². The van der Waals surface area contributed by atoms with Gasteiger partial charge in [0, 0.05) is 0 Å². The zero-order chi connectivity index (χ0) is 7.40. The molecule has 0 aromatic heterocycles. The van der Waals surface area contributed by atoms with Crippen LogP contribution >= 0.6 is 0 Å². The van der Waals surface area contributed by atoms with E-state index in [1.807, 2.05) is 31.2 Å². The number of hydrogen-bond donors (Lipinski definition) is 0. The molecule has 1 rings (SSSR count). The van der Waals surface area contributed by atoms with Gasteiger partial charge in [-0.1, -0.05) is 17.7 Å². The summed E-state index contributed by atoms with van der Waals surface area (Å²) in [7, 11) is 0. The Morgan fingerprint density at radius 2 is 1.90 bits per heavy atom. The van der Waals surface area contributed by atoms with E-state index in [9.17, 15) is 0 Å². The Labute approximate surface area is 60.7 Å². The summed E-state index contributed by atoms with van der Waals surface area (Å²) < 4.78 is 0. The molecule has 1 nitrogen and oxygen atoms in total. The molecule has 1 aromatic rings. The van der Waals surface area contributed by atoms with Crippen LogP contribution in [0.15, 0.2) is 35.8 Å². The highest BCUT2D eigenvalue weighted by Crippen LogP contribution is 2.10. The van der Waals surface area contributed by atoms with E-state index in [0.29, 0.717) is 0 Å². The highest BCUT2D eigenvalue weighted by Gasteiger charge is 1.84. The number of aryl methyl sites for hydroxylation is 1. The van der Waals surface area contributed by atoms with Gasteiger partial charge in [0.05, 0.1) is 5.69 Å². The van der Waals surface area contributed by atoms with Gasteiger partial charge in [0.2, 0.25) is 0 Å². The molecule has 0 N–H and O–H groups in total. The van der Waals surface area contributed by atoms with Gasteiger partial charge in [0.1, 0.15) is 0 Å². The van der Waals surface area contributed by atoms with Crippen molar-refractivity contribution in [1.29, 1.82) is 0 Å². The summed E-state index contributed by atoms with van der Waals surface area (Å²) in [5.41, 5.74) is 2.14. The predicted octanol–water partition coefficient (Wildman–Crippen LogP) is 2.48. The van der Waals surface area contributed by atoms with Crippen LogP contribution < -0.4 is 0 Å². The first kappa shape index (κ1) is 6.79. The van der Waals surface area contributed by atoms with Crippen molar-refractivity contribution in [2.75, 3.05) is 0 Å². The van der Waals surface area contributed by atoms with Crippen molar-refractivity contribution in [2.45, 2.75) is 6.92 Å². The Balaban J connectivity index is 3.00. The minimum absolute atomic E-state index is 0.903. The van der Waals surface area contributed by atoms with Crippen LogP contribution in [0.25, 0.3) is 0 Å². The lowest BCUT2D eigenvalue weighted by Crippen LogP contribution is -1.67. The van der Waals surface area contributed by atoms with Crippen LogP contribution in [0.3, 0.4) is 0 Å². The van der Waals surface area contributed by atoms with Gasteiger partial charge in [-0.25, -0.2) is 4.99 Å². The van der Waals surface area contributed by atoms with Gasteiger partial charge in [-0.05, 0) is 31.5 Å². The van der Waals surface area contributed by atoms with Crippen LogP contribution in [0.4, 0.5) is 5.69 Å². The molecule has 0 unspecified atom stereocenters. The van der Waals surface area contributed by atoms with E-state index in [1.165, 1.54) is 5.56 Å². The summed E-state index contributed by atoms with van der Waals surface area (Å²) in [6.07, 6.45) is 0.